The molecule has 1 aromatic rings. The summed E-state index contributed by atoms with van der Waals surface area (Å²) < 4.78 is 10.8. The maximum Gasteiger partial charge on any atom is 0.119 e. The first-order chi connectivity index (χ1) is 8.36. The molecular formula is C14H19NO2. The average Bonchev–Trinajstić information content (AvgIpc) is 2.37. The van der Waals surface area contributed by atoms with Crippen LogP contribution in [0, 0.1) is 11.8 Å². The summed E-state index contributed by atoms with van der Waals surface area (Å²) in [6.07, 6.45) is 1.04. The topological polar surface area (TPSA) is 44.5 Å². The second-order valence-electron chi connectivity index (χ2n) is 3.49. The molecule has 0 spiro atoms. The quantitative estimate of drug-likeness (QED) is 0.602. The first-order valence-corrected chi connectivity index (χ1v) is 5.86. The second kappa shape index (κ2) is 8.63. The number of hydrogen-bond acceptors (Lipinski definition) is 3. The SMILES string of the molecule is CCCOCCOc1ccc(C#CCN)cc1. The molecule has 0 amide bonds. The first kappa shape index (κ1) is 13.6. The normalized spacial score (nSPS) is 9.53. The fourth-order valence-corrected chi connectivity index (χ4v) is 1.25. The summed E-state index contributed by atoms with van der Waals surface area (Å²) in [6.45, 7) is 4.46. The van der Waals surface area contributed by atoms with Crippen LogP contribution in [-0.4, -0.2) is 26.4 Å². The van der Waals surface area contributed by atoms with E-state index in [1.54, 1.807) is 0 Å². The Morgan fingerprint density at radius 3 is 2.53 bits per heavy atom. The molecule has 0 radical (unpaired) electrons. The lowest BCUT2D eigenvalue weighted by Gasteiger charge is -2.06. The lowest BCUT2D eigenvalue weighted by Crippen LogP contribution is -2.06. The summed E-state index contributed by atoms with van der Waals surface area (Å²) in [5, 5.41) is 0. The smallest absolute Gasteiger partial charge is 0.119 e. The Bertz CT molecular complexity index is 362. The maximum atomic E-state index is 5.51. The summed E-state index contributed by atoms with van der Waals surface area (Å²) in [5.74, 6) is 6.60. The molecule has 0 aliphatic carbocycles. The molecule has 1 aromatic carbocycles. The Labute approximate surface area is 103 Å². The van der Waals surface area contributed by atoms with E-state index in [9.17, 15) is 0 Å². The third-order valence-corrected chi connectivity index (χ3v) is 2.03. The monoisotopic (exact) mass is 233 g/mol. The summed E-state index contributed by atoms with van der Waals surface area (Å²) in [4.78, 5) is 0. The molecule has 0 bridgehead atoms. The van der Waals surface area contributed by atoms with Crippen LogP contribution in [0.4, 0.5) is 0 Å². The number of benzene rings is 1. The summed E-state index contributed by atoms with van der Waals surface area (Å²) in [5.41, 5.74) is 6.25. The molecule has 0 unspecified atom stereocenters. The van der Waals surface area contributed by atoms with Gasteiger partial charge in [-0.2, -0.15) is 0 Å². The summed E-state index contributed by atoms with van der Waals surface area (Å²) >= 11 is 0. The molecule has 0 aromatic heterocycles. The molecule has 1 rings (SSSR count). The third-order valence-electron chi connectivity index (χ3n) is 2.03. The molecule has 92 valence electrons. The van der Waals surface area contributed by atoms with Crippen LogP contribution in [0.2, 0.25) is 0 Å². The number of hydrogen-bond donors (Lipinski definition) is 1. The van der Waals surface area contributed by atoms with Crippen LogP contribution in [-0.2, 0) is 4.74 Å². The first-order valence-electron chi connectivity index (χ1n) is 5.86. The molecule has 0 atom stereocenters. The molecule has 0 fully saturated rings. The second-order valence-corrected chi connectivity index (χ2v) is 3.49. The van der Waals surface area contributed by atoms with Gasteiger partial charge in [0.05, 0.1) is 13.2 Å². The highest BCUT2D eigenvalue weighted by atomic mass is 16.5. The molecule has 3 nitrogen and oxygen atoms in total. The predicted molar refractivity (Wildman–Crippen MR) is 69.0 cm³/mol. The van der Waals surface area contributed by atoms with Gasteiger partial charge in [0.1, 0.15) is 12.4 Å². The van der Waals surface area contributed by atoms with Gasteiger partial charge < -0.3 is 15.2 Å². The molecule has 0 saturated heterocycles. The van der Waals surface area contributed by atoms with Gasteiger partial charge in [-0.15, -0.1) is 0 Å². The Balaban J connectivity index is 2.30. The maximum absolute atomic E-state index is 5.51. The Morgan fingerprint density at radius 1 is 1.12 bits per heavy atom. The fourth-order valence-electron chi connectivity index (χ4n) is 1.25. The standard InChI is InChI=1S/C14H19NO2/c1-2-10-16-11-12-17-14-7-5-13(6-8-14)4-3-9-15/h5-8H,2,9-12,15H2,1H3. The van der Waals surface area contributed by atoms with Gasteiger partial charge in [-0.3, -0.25) is 0 Å². The van der Waals surface area contributed by atoms with E-state index in [1.165, 1.54) is 0 Å². The van der Waals surface area contributed by atoms with E-state index in [-0.39, 0.29) is 0 Å². The van der Waals surface area contributed by atoms with Crippen molar-refractivity contribution >= 4 is 0 Å². The Kier molecular flexibility index (Phi) is 6.89. The van der Waals surface area contributed by atoms with E-state index < -0.39 is 0 Å². The highest BCUT2D eigenvalue weighted by Crippen LogP contribution is 2.11. The molecule has 0 aliphatic heterocycles. The van der Waals surface area contributed by atoms with E-state index >= 15 is 0 Å². The zero-order chi connectivity index (χ0) is 12.3. The van der Waals surface area contributed by atoms with Crippen LogP contribution in [0.25, 0.3) is 0 Å². The van der Waals surface area contributed by atoms with Gasteiger partial charge in [0.25, 0.3) is 0 Å². The van der Waals surface area contributed by atoms with Crippen LogP contribution < -0.4 is 10.5 Å². The van der Waals surface area contributed by atoms with E-state index in [0.717, 1.165) is 24.3 Å². The van der Waals surface area contributed by atoms with Gasteiger partial charge in [0.15, 0.2) is 0 Å². The van der Waals surface area contributed by atoms with Crippen molar-refractivity contribution < 1.29 is 9.47 Å². The number of nitrogens with two attached hydrogens (primary N) is 1. The minimum atomic E-state index is 0.382. The van der Waals surface area contributed by atoms with Crippen LogP contribution in [0.5, 0.6) is 5.75 Å². The van der Waals surface area contributed by atoms with Gasteiger partial charge >= 0.3 is 0 Å². The van der Waals surface area contributed by atoms with Crippen LogP contribution in [0.3, 0.4) is 0 Å². The van der Waals surface area contributed by atoms with E-state index in [1.807, 2.05) is 24.3 Å². The van der Waals surface area contributed by atoms with Crippen LogP contribution in [0.1, 0.15) is 18.9 Å². The van der Waals surface area contributed by atoms with Crippen molar-refractivity contribution in [3.63, 3.8) is 0 Å². The lowest BCUT2D eigenvalue weighted by atomic mass is 10.2. The third kappa shape index (κ3) is 5.96. The predicted octanol–water partition coefficient (Wildman–Crippen LogP) is 1.80. The molecule has 0 saturated carbocycles. The lowest BCUT2D eigenvalue weighted by molar-refractivity contribution is 0.101. The molecule has 0 heterocycles. The van der Waals surface area contributed by atoms with Gasteiger partial charge in [0, 0.05) is 12.2 Å². The highest BCUT2D eigenvalue weighted by Gasteiger charge is 1.93. The summed E-state index contributed by atoms with van der Waals surface area (Å²) in [6, 6.07) is 7.65. The number of ether oxygens (including phenoxy) is 2. The average molecular weight is 233 g/mol. The van der Waals surface area contributed by atoms with Crippen LogP contribution in [0.15, 0.2) is 24.3 Å². The van der Waals surface area contributed by atoms with Crippen molar-refractivity contribution in [1.29, 1.82) is 0 Å². The molecular weight excluding hydrogens is 214 g/mol. The van der Waals surface area contributed by atoms with Gasteiger partial charge in [0.2, 0.25) is 0 Å². The molecule has 2 N–H and O–H groups in total. The Morgan fingerprint density at radius 2 is 1.88 bits per heavy atom. The molecule has 3 heteroatoms. The van der Waals surface area contributed by atoms with E-state index in [4.69, 9.17) is 15.2 Å². The van der Waals surface area contributed by atoms with E-state index in [0.29, 0.717) is 19.8 Å². The van der Waals surface area contributed by atoms with Crippen molar-refractivity contribution in [2.75, 3.05) is 26.4 Å². The van der Waals surface area contributed by atoms with Crippen molar-refractivity contribution in [2.45, 2.75) is 13.3 Å². The van der Waals surface area contributed by atoms with Crippen molar-refractivity contribution in [3.05, 3.63) is 29.8 Å². The van der Waals surface area contributed by atoms with Crippen LogP contribution >= 0.6 is 0 Å². The minimum Gasteiger partial charge on any atom is -0.491 e. The van der Waals surface area contributed by atoms with Crippen molar-refractivity contribution in [3.8, 4) is 17.6 Å². The van der Waals surface area contributed by atoms with Crippen molar-refractivity contribution in [2.24, 2.45) is 5.73 Å². The van der Waals surface area contributed by atoms with E-state index in [2.05, 4.69) is 18.8 Å². The zero-order valence-electron chi connectivity index (χ0n) is 10.2. The largest absolute Gasteiger partial charge is 0.491 e. The minimum absolute atomic E-state index is 0.382. The number of rotatable bonds is 6. The molecule has 0 aliphatic rings. The zero-order valence-corrected chi connectivity index (χ0v) is 10.2. The van der Waals surface area contributed by atoms with Gasteiger partial charge in [-0.1, -0.05) is 18.8 Å². The fraction of sp³-hybridized carbons (Fsp3) is 0.429. The van der Waals surface area contributed by atoms with Crippen molar-refractivity contribution in [1.82, 2.24) is 0 Å². The summed E-state index contributed by atoms with van der Waals surface area (Å²) in [7, 11) is 0. The van der Waals surface area contributed by atoms with Gasteiger partial charge in [-0.05, 0) is 30.7 Å². The Hall–Kier alpha value is -1.50. The molecule has 17 heavy (non-hydrogen) atoms. The van der Waals surface area contributed by atoms with Gasteiger partial charge in [-0.25, -0.2) is 0 Å². The highest BCUT2D eigenvalue weighted by molar-refractivity contribution is 5.38.